The zero-order valence-electron chi connectivity index (χ0n) is 11.4. The van der Waals surface area contributed by atoms with Crippen LogP contribution in [0.4, 0.5) is 5.82 Å². The quantitative estimate of drug-likeness (QED) is 0.838. The number of aryl methyl sites for hydroxylation is 1. The van der Waals surface area contributed by atoms with Gasteiger partial charge in [-0.15, -0.1) is 0 Å². The molecule has 0 fully saturated rings. The molecule has 0 bridgehead atoms. The van der Waals surface area contributed by atoms with Crippen LogP contribution in [0.5, 0.6) is 0 Å². The van der Waals surface area contributed by atoms with Crippen LogP contribution in [0.15, 0.2) is 36.5 Å². The van der Waals surface area contributed by atoms with E-state index in [0.717, 1.165) is 5.56 Å². The lowest BCUT2D eigenvalue weighted by Gasteiger charge is -2.06. The molecular weight excluding hydrogens is 288 g/mol. The van der Waals surface area contributed by atoms with Crippen molar-refractivity contribution in [3.8, 4) is 11.8 Å². The minimum atomic E-state index is -0.295. The zero-order valence-corrected chi connectivity index (χ0v) is 12.1. The molecule has 2 N–H and O–H groups in total. The molecule has 0 spiro atoms. The van der Waals surface area contributed by atoms with Gasteiger partial charge in [-0.1, -0.05) is 23.4 Å². The Hall–Kier alpha value is -2.35. The van der Waals surface area contributed by atoms with Crippen LogP contribution in [-0.2, 0) is 0 Å². The standard InChI is InChI=1S/C16H13ClN2O2/c1-11-6-7-18-15(9-11)19-16(21)13-5-4-12(3-2-8-20)14(17)10-13/h4-7,9-10,20H,8H2,1H3,(H,18,19,21). The fourth-order valence-corrected chi connectivity index (χ4v) is 1.91. The maximum absolute atomic E-state index is 12.1. The summed E-state index contributed by atoms with van der Waals surface area (Å²) in [5.41, 5.74) is 1.99. The van der Waals surface area contributed by atoms with Crippen molar-refractivity contribution in [2.75, 3.05) is 11.9 Å². The van der Waals surface area contributed by atoms with Crippen molar-refractivity contribution in [3.05, 3.63) is 58.2 Å². The van der Waals surface area contributed by atoms with Gasteiger partial charge >= 0.3 is 0 Å². The molecule has 4 nitrogen and oxygen atoms in total. The van der Waals surface area contributed by atoms with Crippen LogP contribution >= 0.6 is 11.6 Å². The number of hydrogen-bond acceptors (Lipinski definition) is 3. The highest BCUT2D eigenvalue weighted by molar-refractivity contribution is 6.32. The van der Waals surface area contributed by atoms with Gasteiger partial charge in [0, 0.05) is 17.3 Å². The molecule has 1 heterocycles. The molecule has 1 aromatic carbocycles. The number of aromatic nitrogens is 1. The number of aliphatic hydroxyl groups excluding tert-OH is 1. The number of aliphatic hydroxyl groups is 1. The molecule has 0 aliphatic heterocycles. The number of carbonyl (C=O) groups is 1. The first-order valence-corrected chi connectivity index (χ1v) is 6.61. The van der Waals surface area contributed by atoms with Crippen LogP contribution in [0.3, 0.4) is 0 Å². The summed E-state index contributed by atoms with van der Waals surface area (Å²) in [4.78, 5) is 16.2. The zero-order chi connectivity index (χ0) is 15.2. The molecule has 106 valence electrons. The van der Waals surface area contributed by atoms with Gasteiger partial charge in [-0.25, -0.2) is 4.98 Å². The van der Waals surface area contributed by atoms with Crippen molar-refractivity contribution < 1.29 is 9.90 Å². The number of amides is 1. The first-order chi connectivity index (χ1) is 10.1. The van der Waals surface area contributed by atoms with Gasteiger partial charge in [0.05, 0.1) is 5.02 Å². The molecule has 1 amide bonds. The number of halogens is 1. The van der Waals surface area contributed by atoms with Crippen LogP contribution in [-0.4, -0.2) is 22.6 Å². The minimum Gasteiger partial charge on any atom is -0.384 e. The maximum atomic E-state index is 12.1. The molecule has 0 atom stereocenters. The third-order valence-electron chi connectivity index (χ3n) is 2.69. The van der Waals surface area contributed by atoms with E-state index in [-0.39, 0.29) is 12.5 Å². The van der Waals surface area contributed by atoms with E-state index in [2.05, 4.69) is 22.1 Å². The Bertz CT molecular complexity index is 733. The number of hydrogen-bond donors (Lipinski definition) is 2. The third kappa shape index (κ3) is 4.06. The number of benzene rings is 1. The van der Waals surface area contributed by atoms with E-state index in [1.165, 1.54) is 6.07 Å². The Morgan fingerprint density at radius 2 is 2.19 bits per heavy atom. The fourth-order valence-electron chi connectivity index (χ4n) is 1.69. The monoisotopic (exact) mass is 300 g/mol. The fraction of sp³-hybridized carbons (Fsp3) is 0.125. The van der Waals surface area contributed by atoms with E-state index in [9.17, 15) is 4.79 Å². The number of anilines is 1. The van der Waals surface area contributed by atoms with Gasteiger partial charge in [-0.2, -0.15) is 0 Å². The van der Waals surface area contributed by atoms with E-state index in [1.54, 1.807) is 24.4 Å². The van der Waals surface area contributed by atoms with Crippen molar-refractivity contribution in [1.29, 1.82) is 0 Å². The summed E-state index contributed by atoms with van der Waals surface area (Å²) in [5.74, 6) is 5.41. The normalized spacial score (nSPS) is 9.67. The minimum absolute atomic E-state index is 0.238. The summed E-state index contributed by atoms with van der Waals surface area (Å²) in [6.45, 7) is 1.68. The number of pyridine rings is 1. The van der Waals surface area contributed by atoms with Crippen LogP contribution in [0, 0.1) is 18.8 Å². The van der Waals surface area contributed by atoms with Crippen LogP contribution in [0.2, 0.25) is 5.02 Å². The van der Waals surface area contributed by atoms with Crippen molar-refractivity contribution in [1.82, 2.24) is 4.98 Å². The predicted octanol–water partition coefficient (Wildman–Crippen LogP) is 2.64. The van der Waals surface area contributed by atoms with Gasteiger partial charge < -0.3 is 10.4 Å². The number of carbonyl (C=O) groups excluding carboxylic acids is 1. The van der Waals surface area contributed by atoms with E-state index in [1.807, 2.05) is 13.0 Å². The molecule has 1 aromatic heterocycles. The van der Waals surface area contributed by atoms with Gasteiger partial charge in [0.15, 0.2) is 0 Å². The lowest BCUT2D eigenvalue weighted by Crippen LogP contribution is -2.13. The Kier molecular flexibility index (Phi) is 4.94. The summed E-state index contributed by atoms with van der Waals surface area (Å²) in [6, 6.07) is 8.43. The van der Waals surface area contributed by atoms with Crippen LogP contribution < -0.4 is 5.32 Å². The molecule has 0 radical (unpaired) electrons. The van der Waals surface area contributed by atoms with Crippen LogP contribution in [0.1, 0.15) is 21.5 Å². The first-order valence-electron chi connectivity index (χ1n) is 6.23. The third-order valence-corrected chi connectivity index (χ3v) is 3.00. The lowest BCUT2D eigenvalue weighted by atomic mass is 10.1. The second-order valence-electron chi connectivity index (χ2n) is 4.33. The van der Waals surface area contributed by atoms with E-state index < -0.39 is 0 Å². The van der Waals surface area contributed by atoms with Gasteiger partial charge in [0.1, 0.15) is 12.4 Å². The Morgan fingerprint density at radius 3 is 2.86 bits per heavy atom. The molecule has 0 saturated heterocycles. The van der Waals surface area contributed by atoms with Crippen molar-refractivity contribution >= 4 is 23.3 Å². The van der Waals surface area contributed by atoms with E-state index in [4.69, 9.17) is 16.7 Å². The SMILES string of the molecule is Cc1ccnc(NC(=O)c2ccc(C#CCO)c(Cl)c2)c1. The van der Waals surface area contributed by atoms with E-state index >= 15 is 0 Å². The maximum Gasteiger partial charge on any atom is 0.256 e. The largest absolute Gasteiger partial charge is 0.384 e. The molecule has 0 unspecified atom stereocenters. The van der Waals surface area contributed by atoms with Crippen molar-refractivity contribution in [3.63, 3.8) is 0 Å². The van der Waals surface area contributed by atoms with Gasteiger partial charge in [0.2, 0.25) is 0 Å². The average molecular weight is 301 g/mol. The Morgan fingerprint density at radius 1 is 1.38 bits per heavy atom. The smallest absolute Gasteiger partial charge is 0.256 e. The van der Waals surface area contributed by atoms with Gasteiger partial charge in [0.25, 0.3) is 5.91 Å². The molecule has 2 aromatic rings. The van der Waals surface area contributed by atoms with Gasteiger partial charge in [-0.05, 0) is 42.8 Å². The Balaban J connectivity index is 2.18. The molecule has 0 aliphatic carbocycles. The summed E-state index contributed by atoms with van der Waals surface area (Å²) < 4.78 is 0. The molecule has 0 saturated carbocycles. The highest BCUT2D eigenvalue weighted by atomic mass is 35.5. The summed E-state index contributed by atoms with van der Waals surface area (Å²) in [7, 11) is 0. The predicted molar refractivity (Wildman–Crippen MR) is 82.3 cm³/mol. The van der Waals surface area contributed by atoms with Crippen LogP contribution in [0.25, 0.3) is 0 Å². The average Bonchev–Trinajstić information content (AvgIpc) is 2.46. The molecular formula is C16H13ClN2O2. The topological polar surface area (TPSA) is 62.2 Å². The second kappa shape index (κ2) is 6.89. The highest BCUT2D eigenvalue weighted by Crippen LogP contribution is 2.18. The Labute approximate surface area is 127 Å². The van der Waals surface area contributed by atoms with Crippen molar-refractivity contribution in [2.24, 2.45) is 0 Å². The molecule has 21 heavy (non-hydrogen) atoms. The molecule has 0 aliphatic rings. The van der Waals surface area contributed by atoms with Gasteiger partial charge in [-0.3, -0.25) is 4.79 Å². The molecule has 5 heteroatoms. The lowest BCUT2D eigenvalue weighted by molar-refractivity contribution is 0.102. The first kappa shape index (κ1) is 15.0. The number of rotatable bonds is 2. The summed E-state index contributed by atoms with van der Waals surface area (Å²) >= 11 is 6.06. The summed E-state index contributed by atoms with van der Waals surface area (Å²) in [6.07, 6.45) is 1.63. The second-order valence-corrected chi connectivity index (χ2v) is 4.73. The van der Waals surface area contributed by atoms with Crippen molar-refractivity contribution in [2.45, 2.75) is 6.92 Å². The number of nitrogens with zero attached hydrogens (tertiary/aromatic N) is 1. The molecule has 2 rings (SSSR count). The number of nitrogens with one attached hydrogen (secondary N) is 1. The highest BCUT2D eigenvalue weighted by Gasteiger charge is 2.09. The summed E-state index contributed by atoms with van der Waals surface area (Å²) in [5, 5.41) is 11.7. The van der Waals surface area contributed by atoms with E-state index in [0.29, 0.717) is 22.0 Å².